The Labute approximate surface area is 97.4 Å². The van der Waals surface area contributed by atoms with Gasteiger partial charge in [-0.1, -0.05) is 0 Å². The van der Waals surface area contributed by atoms with Gasteiger partial charge in [0.2, 0.25) is 0 Å². The van der Waals surface area contributed by atoms with Gasteiger partial charge in [-0.2, -0.15) is 0 Å². The monoisotopic (exact) mass is 226 g/mol. The highest BCUT2D eigenvalue weighted by molar-refractivity contribution is 5.20. The van der Waals surface area contributed by atoms with Crippen LogP contribution in [0, 0.1) is 6.92 Å². The number of hydrogen-bond donors (Lipinski definition) is 1. The van der Waals surface area contributed by atoms with Gasteiger partial charge in [0, 0.05) is 25.3 Å². The molecule has 0 unspecified atom stereocenters. The Kier molecular flexibility index (Phi) is 5.52. The Hall–Kier alpha value is -0.840. The number of furan rings is 1. The van der Waals surface area contributed by atoms with Crippen LogP contribution in [-0.4, -0.2) is 31.7 Å². The maximum Gasteiger partial charge on any atom is 0.118 e. The van der Waals surface area contributed by atoms with Gasteiger partial charge in [0.05, 0.1) is 13.2 Å². The number of ether oxygens (including phenoxy) is 1. The number of nitrogens with zero attached hydrogens (tertiary/aromatic N) is 1. The standard InChI is InChI=1S/C12H22N2O2/c1-4-15-6-5-14(3)9-11-7-12(8-13)16-10(11)2/h7H,4-6,8-9,13H2,1-3H3. The van der Waals surface area contributed by atoms with Crippen molar-refractivity contribution in [1.29, 1.82) is 0 Å². The van der Waals surface area contributed by atoms with E-state index in [2.05, 4.69) is 11.9 Å². The summed E-state index contributed by atoms with van der Waals surface area (Å²) in [4.78, 5) is 2.22. The van der Waals surface area contributed by atoms with E-state index in [4.69, 9.17) is 14.9 Å². The third kappa shape index (κ3) is 3.96. The average molecular weight is 226 g/mol. The van der Waals surface area contributed by atoms with E-state index in [1.54, 1.807) is 0 Å². The largest absolute Gasteiger partial charge is 0.465 e. The highest BCUT2D eigenvalue weighted by atomic mass is 16.5. The lowest BCUT2D eigenvalue weighted by Crippen LogP contribution is -2.22. The highest BCUT2D eigenvalue weighted by Gasteiger charge is 2.08. The van der Waals surface area contributed by atoms with E-state index >= 15 is 0 Å². The molecule has 16 heavy (non-hydrogen) atoms. The van der Waals surface area contributed by atoms with Gasteiger partial charge in [-0.15, -0.1) is 0 Å². The lowest BCUT2D eigenvalue weighted by molar-refractivity contribution is 0.120. The second kappa shape index (κ2) is 6.68. The van der Waals surface area contributed by atoms with Gasteiger partial charge in [-0.25, -0.2) is 0 Å². The molecule has 0 bridgehead atoms. The molecule has 0 aromatic carbocycles. The molecule has 1 aromatic heterocycles. The summed E-state index contributed by atoms with van der Waals surface area (Å²) in [6, 6.07) is 2.03. The van der Waals surface area contributed by atoms with Crippen molar-refractivity contribution >= 4 is 0 Å². The van der Waals surface area contributed by atoms with Gasteiger partial charge in [0.25, 0.3) is 0 Å². The van der Waals surface area contributed by atoms with E-state index < -0.39 is 0 Å². The molecule has 0 spiro atoms. The summed E-state index contributed by atoms with van der Waals surface area (Å²) in [5.41, 5.74) is 6.74. The molecule has 0 radical (unpaired) electrons. The van der Waals surface area contributed by atoms with Gasteiger partial charge >= 0.3 is 0 Å². The van der Waals surface area contributed by atoms with E-state index in [0.717, 1.165) is 37.8 Å². The molecule has 0 aliphatic heterocycles. The zero-order chi connectivity index (χ0) is 12.0. The van der Waals surface area contributed by atoms with Crippen LogP contribution >= 0.6 is 0 Å². The first-order valence-corrected chi connectivity index (χ1v) is 5.72. The van der Waals surface area contributed by atoms with Crippen molar-refractivity contribution in [3.63, 3.8) is 0 Å². The maximum absolute atomic E-state index is 5.53. The first-order chi connectivity index (χ1) is 7.67. The normalized spacial score (nSPS) is 11.3. The van der Waals surface area contributed by atoms with E-state index in [1.165, 1.54) is 5.56 Å². The minimum Gasteiger partial charge on any atom is -0.465 e. The van der Waals surface area contributed by atoms with Crippen molar-refractivity contribution in [3.05, 3.63) is 23.2 Å². The Balaban J connectivity index is 2.42. The van der Waals surface area contributed by atoms with Crippen molar-refractivity contribution < 1.29 is 9.15 Å². The van der Waals surface area contributed by atoms with Gasteiger partial charge in [0.15, 0.2) is 0 Å². The van der Waals surface area contributed by atoms with Crippen molar-refractivity contribution in [2.24, 2.45) is 5.73 Å². The minimum absolute atomic E-state index is 0.462. The second-order valence-corrected chi connectivity index (χ2v) is 3.93. The summed E-state index contributed by atoms with van der Waals surface area (Å²) in [5, 5.41) is 0. The molecule has 4 nitrogen and oxygen atoms in total. The van der Waals surface area contributed by atoms with Gasteiger partial charge in [-0.3, -0.25) is 4.90 Å². The summed E-state index contributed by atoms with van der Waals surface area (Å²) in [6.45, 7) is 7.80. The predicted molar refractivity (Wildman–Crippen MR) is 64.2 cm³/mol. The minimum atomic E-state index is 0.462. The van der Waals surface area contributed by atoms with Crippen molar-refractivity contribution in [2.75, 3.05) is 26.8 Å². The molecule has 0 aliphatic rings. The molecule has 1 heterocycles. The molecular weight excluding hydrogens is 204 g/mol. The van der Waals surface area contributed by atoms with Crippen LogP contribution in [0.2, 0.25) is 0 Å². The van der Waals surface area contributed by atoms with Crippen LogP contribution in [0.3, 0.4) is 0 Å². The summed E-state index contributed by atoms with van der Waals surface area (Å²) in [7, 11) is 2.08. The van der Waals surface area contributed by atoms with Crippen LogP contribution in [0.4, 0.5) is 0 Å². The van der Waals surface area contributed by atoms with Crippen LogP contribution in [0.5, 0.6) is 0 Å². The van der Waals surface area contributed by atoms with Crippen LogP contribution < -0.4 is 5.73 Å². The summed E-state index contributed by atoms with van der Waals surface area (Å²) >= 11 is 0. The third-order valence-electron chi connectivity index (χ3n) is 2.53. The Morgan fingerprint density at radius 1 is 1.50 bits per heavy atom. The second-order valence-electron chi connectivity index (χ2n) is 3.93. The predicted octanol–water partition coefficient (Wildman–Crippen LogP) is 1.52. The molecule has 4 heteroatoms. The SMILES string of the molecule is CCOCCN(C)Cc1cc(CN)oc1C. The van der Waals surface area contributed by atoms with Gasteiger partial charge in [-0.05, 0) is 27.0 Å². The number of aryl methyl sites for hydroxylation is 1. The molecule has 1 aromatic rings. The Morgan fingerprint density at radius 2 is 2.25 bits per heavy atom. The van der Waals surface area contributed by atoms with Crippen molar-refractivity contribution in [3.8, 4) is 0 Å². The molecule has 1 rings (SSSR count). The molecule has 0 atom stereocenters. The lowest BCUT2D eigenvalue weighted by atomic mass is 10.2. The molecule has 0 saturated heterocycles. The van der Waals surface area contributed by atoms with E-state index in [9.17, 15) is 0 Å². The molecule has 2 N–H and O–H groups in total. The topological polar surface area (TPSA) is 51.6 Å². The molecule has 0 aliphatic carbocycles. The first kappa shape index (κ1) is 13.2. The average Bonchev–Trinajstić information content (AvgIpc) is 2.60. The number of hydrogen-bond acceptors (Lipinski definition) is 4. The maximum atomic E-state index is 5.53. The Morgan fingerprint density at radius 3 is 2.81 bits per heavy atom. The third-order valence-corrected chi connectivity index (χ3v) is 2.53. The zero-order valence-electron chi connectivity index (χ0n) is 10.5. The molecule has 92 valence electrons. The molecule has 0 amide bonds. The van der Waals surface area contributed by atoms with E-state index in [-0.39, 0.29) is 0 Å². The van der Waals surface area contributed by atoms with E-state index in [1.807, 2.05) is 19.9 Å². The van der Waals surface area contributed by atoms with Gasteiger partial charge in [0.1, 0.15) is 11.5 Å². The van der Waals surface area contributed by atoms with Crippen molar-refractivity contribution in [1.82, 2.24) is 4.90 Å². The molecular formula is C12H22N2O2. The summed E-state index contributed by atoms with van der Waals surface area (Å²) in [6.07, 6.45) is 0. The zero-order valence-corrected chi connectivity index (χ0v) is 10.5. The quantitative estimate of drug-likeness (QED) is 0.716. The van der Waals surface area contributed by atoms with Crippen LogP contribution in [0.1, 0.15) is 24.0 Å². The lowest BCUT2D eigenvalue weighted by Gasteiger charge is -2.15. The van der Waals surface area contributed by atoms with E-state index in [0.29, 0.717) is 6.54 Å². The highest BCUT2D eigenvalue weighted by Crippen LogP contribution is 2.15. The fourth-order valence-electron chi connectivity index (χ4n) is 1.58. The summed E-state index contributed by atoms with van der Waals surface area (Å²) < 4.78 is 10.8. The van der Waals surface area contributed by atoms with Crippen LogP contribution in [-0.2, 0) is 17.8 Å². The smallest absolute Gasteiger partial charge is 0.118 e. The molecule has 0 fully saturated rings. The first-order valence-electron chi connectivity index (χ1n) is 5.72. The summed E-state index contributed by atoms with van der Waals surface area (Å²) in [5.74, 6) is 1.81. The van der Waals surface area contributed by atoms with Gasteiger partial charge < -0.3 is 14.9 Å². The number of likely N-dealkylation sites (N-methyl/N-ethyl adjacent to an activating group) is 1. The fraction of sp³-hybridized carbons (Fsp3) is 0.667. The molecule has 0 saturated carbocycles. The number of nitrogens with two attached hydrogens (primary N) is 1. The number of rotatable bonds is 7. The van der Waals surface area contributed by atoms with Crippen LogP contribution in [0.15, 0.2) is 10.5 Å². The van der Waals surface area contributed by atoms with Crippen LogP contribution in [0.25, 0.3) is 0 Å². The fourth-order valence-corrected chi connectivity index (χ4v) is 1.58. The van der Waals surface area contributed by atoms with Crippen molar-refractivity contribution in [2.45, 2.75) is 26.9 Å². The Bertz CT molecular complexity index is 310.